The molecule has 0 fully saturated rings. The van der Waals surface area contributed by atoms with Gasteiger partial charge in [-0.3, -0.25) is 9.52 Å². The number of nitrogens with one attached hydrogen (secondary N) is 1. The average Bonchev–Trinajstić information content (AvgIpc) is 2.72. The van der Waals surface area contributed by atoms with E-state index in [1.165, 1.54) is 21.0 Å². The standard InChI is InChI=1S/C14H17NO6S/c1-4-22(18,19)15-13-11(16)12(17)14(2,21-13)9-5-7-10(20-3)8-6-9/h5-8,15-16H,4H2,1-3H3. The van der Waals surface area contributed by atoms with Crippen LogP contribution in [0.15, 0.2) is 35.9 Å². The first kappa shape index (κ1) is 16.2. The van der Waals surface area contributed by atoms with Gasteiger partial charge in [-0.15, -0.1) is 0 Å². The van der Waals surface area contributed by atoms with Gasteiger partial charge in [0, 0.05) is 5.56 Å². The molecule has 0 spiro atoms. The van der Waals surface area contributed by atoms with Crippen LogP contribution in [0.3, 0.4) is 0 Å². The second-order valence-corrected chi connectivity index (χ2v) is 6.89. The topological polar surface area (TPSA) is 102 Å². The van der Waals surface area contributed by atoms with Crippen LogP contribution in [-0.4, -0.2) is 32.2 Å². The first-order valence-electron chi connectivity index (χ1n) is 6.55. The highest BCUT2D eigenvalue weighted by Gasteiger charge is 2.48. The summed E-state index contributed by atoms with van der Waals surface area (Å²) in [6.07, 6.45) is 0. The van der Waals surface area contributed by atoms with E-state index in [9.17, 15) is 18.3 Å². The predicted octanol–water partition coefficient (Wildman–Crippen LogP) is 1.18. The number of hydrogen-bond donors (Lipinski definition) is 2. The Hall–Kier alpha value is -2.22. The third-order valence-corrected chi connectivity index (χ3v) is 4.70. The number of carbonyl (C=O) groups is 1. The van der Waals surface area contributed by atoms with Crippen molar-refractivity contribution in [2.24, 2.45) is 0 Å². The van der Waals surface area contributed by atoms with E-state index in [-0.39, 0.29) is 5.75 Å². The molecule has 0 aromatic heterocycles. The lowest BCUT2D eigenvalue weighted by molar-refractivity contribution is -0.131. The maximum atomic E-state index is 12.3. The number of rotatable bonds is 5. The van der Waals surface area contributed by atoms with Gasteiger partial charge in [0.05, 0.1) is 12.9 Å². The number of carbonyl (C=O) groups excluding carboxylic acids is 1. The van der Waals surface area contributed by atoms with Gasteiger partial charge < -0.3 is 14.6 Å². The summed E-state index contributed by atoms with van der Waals surface area (Å²) in [7, 11) is -2.15. The Bertz CT molecular complexity index is 722. The zero-order chi connectivity index (χ0) is 16.5. The maximum Gasteiger partial charge on any atom is 0.250 e. The van der Waals surface area contributed by atoms with Crippen molar-refractivity contribution in [3.63, 3.8) is 0 Å². The molecule has 120 valence electrons. The molecule has 0 aliphatic carbocycles. The van der Waals surface area contributed by atoms with Crippen LogP contribution in [-0.2, 0) is 25.2 Å². The molecule has 1 unspecified atom stereocenters. The van der Waals surface area contributed by atoms with Gasteiger partial charge in [0.1, 0.15) is 5.75 Å². The van der Waals surface area contributed by atoms with E-state index in [1.807, 2.05) is 0 Å². The van der Waals surface area contributed by atoms with Gasteiger partial charge in [-0.1, -0.05) is 12.1 Å². The predicted molar refractivity (Wildman–Crippen MR) is 78.7 cm³/mol. The monoisotopic (exact) mass is 327 g/mol. The van der Waals surface area contributed by atoms with Crippen LogP contribution in [0, 0.1) is 0 Å². The normalized spacial score (nSPS) is 21.7. The summed E-state index contributed by atoms with van der Waals surface area (Å²) < 4.78 is 35.7. The summed E-state index contributed by atoms with van der Waals surface area (Å²) in [6, 6.07) is 6.51. The number of ketones is 1. The summed E-state index contributed by atoms with van der Waals surface area (Å²) in [5, 5.41) is 9.87. The lowest BCUT2D eigenvalue weighted by Gasteiger charge is -2.23. The number of sulfonamides is 1. The highest BCUT2D eigenvalue weighted by atomic mass is 32.2. The van der Waals surface area contributed by atoms with Crippen molar-refractivity contribution in [1.82, 2.24) is 4.72 Å². The zero-order valence-electron chi connectivity index (χ0n) is 12.4. The molecule has 7 nitrogen and oxygen atoms in total. The third kappa shape index (κ3) is 2.74. The van der Waals surface area contributed by atoms with Crippen molar-refractivity contribution < 1.29 is 27.8 Å². The number of hydrogen-bond acceptors (Lipinski definition) is 6. The highest BCUT2D eigenvalue weighted by molar-refractivity contribution is 7.89. The van der Waals surface area contributed by atoms with Crippen LogP contribution in [0.2, 0.25) is 0 Å². The third-order valence-electron chi connectivity index (χ3n) is 3.44. The largest absolute Gasteiger partial charge is 0.501 e. The first-order chi connectivity index (χ1) is 10.2. The van der Waals surface area contributed by atoms with Gasteiger partial charge in [-0.05, 0) is 26.0 Å². The molecule has 8 heteroatoms. The van der Waals surface area contributed by atoms with E-state index in [0.717, 1.165) is 0 Å². The zero-order valence-corrected chi connectivity index (χ0v) is 13.2. The van der Waals surface area contributed by atoms with Crippen LogP contribution in [0.1, 0.15) is 19.4 Å². The molecular formula is C14H17NO6S. The van der Waals surface area contributed by atoms with Crippen molar-refractivity contribution in [3.8, 4) is 5.75 Å². The minimum atomic E-state index is -3.67. The highest BCUT2D eigenvalue weighted by Crippen LogP contribution is 2.37. The minimum Gasteiger partial charge on any atom is -0.501 e. The fourth-order valence-corrected chi connectivity index (χ4v) is 2.57. The van der Waals surface area contributed by atoms with Crippen LogP contribution < -0.4 is 9.46 Å². The molecule has 22 heavy (non-hydrogen) atoms. The molecule has 1 heterocycles. The van der Waals surface area contributed by atoms with Crippen LogP contribution in [0.4, 0.5) is 0 Å². The second-order valence-electron chi connectivity index (χ2n) is 4.88. The Morgan fingerprint density at radius 1 is 1.32 bits per heavy atom. The molecule has 1 aromatic rings. The number of ether oxygens (including phenoxy) is 2. The number of methoxy groups -OCH3 is 1. The Kier molecular flexibility index (Phi) is 4.06. The molecule has 1 atom stereocenters. The van der Waals surface area contributed by atoms with E-state index in [4.69, 9.17) is 9.47 Å². The Labute approximate surface area is 128 Å². The van der Waals surface area contributed by atoms with E-state index in [1.54, 1.807) is 24.3 Å². The Morgan fingerprint density at radius 3 is 2.41 bits per heavy atom. The average molecular weight is 327 g/mol. The first-order valence-corrected chi connectivity index (χ1v) is 8.21. The number of aliphatic hydroxyl groups is 1. The lowest BCUT2D eigenvalue weighted by Crippen LogP contribution is -2.32. The Morgan fingerprint density at radius 2 is 1.91 bits per heavy atom. The molecule has 1 aliphatic rings. The van der Waals surface area contributed by atoms with E-state index in [0.29, 0.717) is 11.3 Å². The smallest absolute Gasteiger partial charge is 0.250 e. The van der Waals surface area contributed by atoms with Crippen LogP contribution in [0.25, 0.3) is 0 Å². The van der Waals surface area contributed by atoms with Crippen molar-refractivity contribution in [2.45, 2.75) is 19.4 Å². The molecule has 0 amide bonds. The van der Waals surface area contributed by atoms with Crippen molar-refractivity contribution in [1.29, 1.82) is 0 Å². The van der Waals surface area contributed by atoms with Crippen molar-refractivity contribution >= 4 is 15.8 Å². The molecule has 1 aromatic carbocycles. The number of benzene rings is 1. The fourth-order valence-electron chi connectivity index (χ4n) is 2.01. The van der Waals surface area contributed by atoms with Gasteiger partial charge in [0.25, 0.3) is 5.78 Å². The summed E-state index contributed by atoms with van der Waals surface area (Å²) in [6.45, 7) is 2.89. The van der Waals surface area contributed by atoms with E-state index < -0.39 is 33.0 Å². The molecular weight excluding hydrogens is 310 g/mol. The van der Waals surface area contributed by atoms with Gasteiger partial charge in [0.2, 0.25) is 21.7 Å². The van der Waals surface area contributed by atoms with Crippen molar-refractivity contribution in [2.75, 3.05) is 12.9 Å². The summed E-state index contributed by atoms with van der Waals surface area (Å²) >= 11 is 0. The van der Waals surface area contributed by atoms with Gasteiger partial charge in [0.15, 0.2) is 5.60 Å². The summed E-state index contributed by atoms with van der Waals surface area (Å²) in [5.74, 6) is -1.52. The maximum absolute atomic E-state index is 12.3. The molecule has 1 aliphatic heterocycles. The Balaban J connectivity index is 2.33. The van der Waals surface area contributed by atoms with Crippen LogP contribution >= 0.6 is 0 Å². The molecule has 0 saturated heterocycles. The SMILES string of the molecule is CCS(=O)(=O)NC1=C(O)C(=O)C(C)(c2ccc(OC)cc2)O1. The van der Waals surface area contributed by atoms with Gasteiger partial charge in [-0.25, -0.2) is 8.42 Å². The molecule has 2 N–H and O–H groups in total. The summed E-state index contributed by atoms with van der Waals surface area (Å²) in [5.41, 5.74) is -1.03. The second kappa shape index (κ2) is 5.53. The fraction of sp³-hybridized carbons (Fsp3) is 0.357. The number of Topliss-reactive ketones (excluding diaryl/α,β-unsaturated/α-hetero) is 1. The van der Waals surface area contributed by atoms with Gasteiger partial charge >= 0.3 is 0 Å². The van der Waals surface area contributed by atoms with Crippen molar-refractivity contribution in [3.05, 3.63) is 41.5 Å². The molecule has 0 radical (unpaired) electrons. The van der Waals surface area contributed by atoms with E-state index >= 15 is 0 Å². The van der Waals surface area contributed by atoms with E-state index in [2.05, 4.69) is 4.72 Å². The van der Waals surface area contributed by atoms with Gasteiger partial charge in [-0.2, -0.15) is 0 Å². The lowest BCUT2D eigenvalue weighted by atomic mass is 9.91. The van der Waals surface area contributed by atoms with Crippen LogP contribution in [0.5, 0.6) is 5.75 Å². The quantitative estimate of drug-likeness (QED) is 0.842. The molecule has 0 saturated carbocycles. The summed E-state index contributed by atoms with van der Waals surface area (Å²) in [4.78, 5) is 12.3. The minimum absolute atomic E-state index is 0.208. The molecule has 2 rings (SSSR count). The number of aliphatic hydroxyl groups excluding tert-OH is 1. The molecule has 0 bridgehead atoms.